The van der Waals surface area contributed by atoms with Gasteiger partial charge in [-0.25, -0.2) is 38.2 Å². The standard InChI is InChI=1S/C34H47N15O24P4/c1-46-11-49(27-18(46)29(54)45-34(37)43-27)30-19(50)12(4-63-2)13(68-30)5-66-75(57,58)72-77(61,62)73-76(59,60)67-7-15-22(23(64-3)32(70-15)47-9-40-16-24(35)38-8-39-25(16)47)71-74(55,56)65-6-14-20(51)21(52)31(69-14)48-10-41-17-26(48)42-33(36)44-28(17)53/h8-15,19-23,30-32,50-52H,4-7H2,1-3H3,(H11-,35,36,37,38,39,42,43,44,45,53,54,55,56,57,58,59,60,61,62)/t12-,13+,14+,15+,19?,20?,21-,22?,23-,30+,31+,32+/m0/s1. The Balaban J connectivity index is 0.869. The molecule has 0 spiro atoms. The van der Waals surface area contributed by atoms with E-state index in [1.165, 1.54) is 34.2 Å². The quantitative estimate of drug-likeness (QED) is 0.0239. The Morgan fingerprint density at radius 1 is 0.714 bits per heavy atom. The summed E-state index contributed by atoms with van der Waals surface area (Å²) in [6.45, 7) is -3.54. The highest BCUT2D eigenvalue weighted by Crippen LogP contribution is 2.68. The number of anilines is 3. The highest BCUT2D eigenvalue weighted by atomic mass is 31.3. The molecule has 43 heteroatoms. The van der Waals surface area contributed by atoms with Crippen LogP contribution in [0, 0.1) is 5.92 Å². The van der Waals surface area contributed by atoms with Crippen LogP contribution >= 0.6 is 31.3 Å². The van der Waals surface area contributed by atoms with Gasteiger partial charge >= 0.3 is 29.1 Å². The first-order chi connectivity index (χ1) is 36.2. The summed E-state index contributed by atoms with van der Waals surface area (Å²) in [5.74, 6) is -1.72. The topological polar surface area (TPSA) is 554 Å². The Labute approximate surface area is 427 Å². The molecule has 3 fully saturated rings. The van der Waals surface area contributed by atoms with Crippen LogP contribution < -0.4 is 37.8 Å². The maximum atomic E-state index is 13.6. The van der Waals surface area contributed by atoms with Gasteiger partial charge < -0.3 is 84.8 Å². The number of aliphatic hydroxyl groups excluding tert-OH is 3. The number of phosphoric acid groups is 4. The molecule has 7 unspecified atom stereocenters. The molecule has 3 aliphatic heterocycles. The number of fused-ring (bicyclic) bond motifs is 3. The number of aromatic nitrogens is 12. The third-order valence-corrected chi connectivity index (χ3v) is 17.3. The zero-order valence-corrected chi connectivity index (χ0v) is 43.2. The predicted octanol–water partition coefficient (Wildman–Crippen LogP) is -4.44. The largest absolute Gasteiger partial charge is 0.756 e. The molecule has 9 heterocycles. The number of H-pyrrole nitrogens is 2. The van der Waals surface area contributed by atoms with Gasteiger partial charge in [0, 0.05) is 20.1 Å². The Morgan fingerprint density at radius 2 is 1.32 bits per heavy atom. The molecule has 6 aromatic rings. The molecule has 9 rings (SSSR count). The van der Waals surface area contributed by atoms with Crippen molar-refractivity contribution < 1.29 is 108 Å². The number of nitrogens with zero attached hydrogens (tertiary/aromatic N) is 10. The van der Waals surface area contributed by atoms with Gasteiger partial charge in [-0.1, -0.05) is 4.98 Å². The molecule has 3 saturated heterocycles. The van der Waals surface area contributed by atoms with E-state index in [0.717, 1.165) is 30.7 Å². The molecule has 16 atom stereocenters. The zero-order valence-electron chi connectivity index (χ0n) is 39.6. The van der Waals surface area contributed by atoms with Gasteiger partial charge in [-0.05, 0) is 0 Å². The second-order valence-corrected chi connectivity index (χ2v) is 23.1. The summed E-state index contributed by atoms with van der Waals surface area (Å²) >= 11 is 0. The molecule has 6 aromatic heterocycles. The van der Waals surface area contributed by atoms with Crippen molar-refractivity contribution >= 4 is 82.5 Å². The summed E-state index contributed by atoms with van der Waals surface area (Å²) in [7, 11) is -19.8. The van der Waals surface area contributed by atoms with Crippen molar-refractivity contribution in [3.63, 3.8) is 0 Å². The fourth-order valence-electron chi connectivity index (χ4n) is 8.77. The lowest BCUT2D eigenvalue weighted by molar-refractivity contribution is -0.745. The molecule has 0 amide bonds. The average Bonchev–Trinajstić information content (AvgIpc) is 4.21. The number of aliphatic hydroxyl groups is 3. The van der Waals surface area contributed by atoms with E-state index in [1.807, 2.05) is 0 Å². The third kappa shape index (κ3) is 11.5. The number of rotatable bonds is 21. The monoisotopic (exact) mass is 1170 g/mol. The van der Waals surface area contributed by atoms with Crippen molar-refractivity contribution in [3.05, 3.63) is 46.0 Å². The Hall–Kier alpha value is -5.15. The first-order valence-electron chi connectivity index (χ1n) is 22.0. The van der Waals surface area contributed by atoms with Crippen molar-refractivity contribution in [2.75, 3.05) is 57.8 Å². The molecule has 0 saturated carbocycles. The van der Waals surface area contributed by atoms with E-state index in [-0.39, 0.29) is 57.8 Å². The molecule has 0 aromatic carbocycles. The van der Waals surface area contributed by atoms with Gasteiger partial charge in [0.15, 0.2) is 41.4 Å². The summed E-state index contributed by atoms with van der Waals surface area (Å²) in [5, 5.41) is 33.0. The fraction of sp³-hybridized carbons (Fsp3) is 0.559. The van der Waals surface area contributed by atoms with Gasteiger partial charge in [0.2, 0.25) is 17.7 Å². The van der Waals surface area contributed by atoms with Crippen molar-refractivity contribution in [2.24, 2.45) is 13.0 Å². The van der Waals surface area contributed by atoms with E-state index in [1.54, 1.807) is 0 Å². The van der Waals surface area contributed by atoms with Gasteiger partial charge in [-0.3, -0.25) is 46.9 Å². The van der Waals surface area contributed by atoms with Crippen molar-refractivity contribution in [3.8, 4) is 0 Å². The molecule has 0 radical (unpaired) electrons. The van der Waals surface area contributed by atoms with Gasteiger partial charge in [-0.2, -0.15) is 13.6 Å². The van der Waals surface area contributed by atoms with Crippen LogP contribution in [0.5, 0.6) is 0 Å². The van der Waals surface area contributed by atoms with E-state index in [9.17, 15) is 62.7 Å². The molecule has 14 N–H and O–H groups in total. The lowest BCUT2D eigenvalue weighted by atomic mass is 9.99. The number of nitrogens with one attached hydrogen (secondary N) is 2. The van der Waals surface area contributed by atoms with Gasteiger partial charge in [0.05, 0.1) is 52.2 Å². The number of ether oxygens (including phenoxy) is 5. The summed E-state index contributed by atoms with van der Waals surface area (Å²) < 4.78 is 115. The van der Waals surface area contributed by atoms with Gasteiger partial charge in [0.25, 0.3) is 24.9 Å². The number of aryl methyl sites for hydroxylation is 1. The minimum atomic E-state index is -6.19. The van der Waals surface area contributed by atoms with Gasteiger partial charge in [0.1, 0.15) is 54.6 Å². The van der Waals surface area contributed by atoms with Crippen molar-refractivity contribution in [1.82, 2.24) is 53.6 Å². The number of nitrogen functional groups attached to an aromatic ring is 3. The summed E-state index contributed by atoms with van der Waals surface area (Å²) in [6.07, 6.45) is -13.2. The number of methoxy groups -OCH3 is 2. The van der Waals surface area contributed by atoms with E-state index in [4.69, 9.17) is 59.0 Å². The number of hydrogen-bond acceptors (Lipinski definition) is 30. The lowest BCUT2D eigenvalue weighted by Crippen LogP contribution is -2.45. The molecule has 3 aliphatic rings. The molecule has 77 heavy (non-hydrogen) atoms. The Morgan fingerprint density at radius 3 is 2.00 bits per heavy atom. The highest BCUT2D eigenvalue weighted by molar-refractivity contribution is 7.66. The minimum Gasteiger partial charge on any atom is -0.756 e. The van der Waals surface area contributed by atoms with Crippen LogP contribution in [0.3, 0.4) is 0 Å². The molecule has 0 bridgehead atoms. The van der Waals surface area contributed by atoms with Crippen LogP contribution in [0.25, 0.3) is 33.5 Å². The molecule has 422 valence electrons. The molecular formula is C34H47N15O24P4. The first kappa shape index (κ1) is 56.6. The second-order valence-electron chi connectivity index (χ2n) is 17.1. The third-order valence-electron chi connectivity index (χ3n) is 12.1. The molecular weight excluding hydrogens is 1130 g/mol. The maximum absolute atomic E-state index is 13.6. The Kier molecular flexibility index (Phi) is 15.8. The minimum absolute atomic E-state index is 0.000579. The van der Waals surface area contributed by atoms with E-state index in [2.05, 4.69) is 48.5 Å². The molecule has 0 aliphatic carbocycles. The first-order valence-corrected chi connectivity index (χ1v) is 27.9. The predicted molar refractivity (Wildman–Crippen MR) is 246 cm³/mol. The maximum Gasteiger partial charge on any atom is 0.490 e. The fourth-order valence-corrected chi connectivity index (χ4v) is 13.2. The van der Waals surface area contributed by atoms with Crippen LogP contribution in [0.1, 0.15) is 18.7 Å². The second kappa shape index (κ2) is 21.5. The number of phosphoric ester groups is 3. The van der Waals surface area contributed by atoms with E-state index < -0.39 is 136 Å². The number of aromatic amines is 2. The zero-order chi connectivity index (χ0) is 55.7. The van der Waals surface area contributed by atoms with E-state index >= 15 is 0 Å². The Bertz CT molecular complexity index is 3510. The number of imidazole rings is 3. The van der Waals surface area contributed by atoms with Gasteiger partial charge in [-0.15, -0.1) is 0 Å². The van der Waals surface area contributed by atoms with Crippen LogP contribution in [0.2, 0.25) is 0 Å². The molecule has 39 nitrogen and oxygen atoms in total. The number of hydrogen-bond donors (Lipinski definition) is 11. The highest BCUT2D eigenvalue weighted by Gasteiger charge is 2.53. The summed E-state index contributed by atoms with van der Waals surface area (Å²) in [5.41, 5.74) is 15.6. The SMILES string of the molecule is COC[C@@H]1C(O)[C@H]([n+]2cn(C)c3c(=O)[nH]c(N)nc32)O[C@@H]1COP(=O)(O)OP(=O)(O)OP(=O)(O)OC[C@H]1O[C@@H](n2cnc3c(N)ncnc32)[C@@H](OC)C1OP(=O)([O-])OC[C@H]1O[C@@H](n2cnc3c(=O)[nH]c(N)nc32)[C@@H](O)C1O. The summed E-state index contributed by atoms with van der Waals surface area (Å²) in [4.78, 5) is 98.8. The van der Waals surface area contributed by atoms with Crippen LogP contribution in [0.15, 0.2) is 34.9 Å². The number of nitrogens with two attached hydrogens (primary N) is 3. The van der Waals surface area contributed by atoms with Crippen LogP contribution in [-0.2, 0) is 75.7 Å². The lowest BCUT2D eigenvalue weighted by Gasteiger charge is -2.31. The average molecular weight is 1170 g/mol. The smallest absolute Gasteiger partial charge is 0.490 e. The normalized spacial score (nSPS) is 30.0. The summed E-state index contributed by atoms with van der Waals surface area (Å²) in [6, 6.07) is 0. The van der Waals surface area contributed by atoms with Crippen molar-refractivity contribution in [1.29, 1.82) is 0 Å². The van der Waals surface area contributed by atoms with Crippen LogP contribution in [-0.4, -0.2) is 173 Å². The van der Waals surface area contributed by atoms with Crippen molar-refractivity contribution in [2.45, 2.75) is 67.5 Å². The van der Waals surface area contributed by atoms with E-state index in [0.29, 0.717) is 0 Å². The van der Waals surface area contributed by atoms with Crippen LogP contribution in [0.4, 0.5) is 17.7 Å².